The van der Waals surface area contributed by atoms with Gasteiger partial charge in [-0.25, -0.2) is 0 Å². The molecule has 7 heteroatoms. The maximum atomic E-state index is 9.29. The van der Waals surface area contributed by atoms with Gasteiger partial charge >= 0.3 is 0 Å². The van der Waals surface area contributed by atoms with Crippen molar-refractivity contribution in [1.29, 1.82) is 5.26 Å². The van der Waals surface area contributed by atoms with Crippen LogP contribution in [0.4, 0.5) is 5.69 Å². The Hall–Kier alpha value is -3.36. The molecule has 2 aliphatic heterocycles. The van der Waals surface area contributed by atoms with Gasteiger partial charge in [0.05, 0.1) is 60.6 Å². The van der Waals surface area contributed by atoms with Crippen molar-refractivity contribution in [2.45, 2.75) is 57.3 Å². The lowest BCUT2D eigenvalue weighted by Crippen LogP contribution is -2.34. The second-order valence-electron chi connectivity index (χ2n) is 10.1. The molecular weight excluding hydrogens is 450 g/mol. The van der Waals surface area contributed by atoms with E-state index >= 15 is 0 Å². The Labute approximate surface area is 212 Å². The van der Waals surface area contributed by atoms with Gasteiger partial charge in [0.2, 0.25) is 0 Å². The Kier molecular flexibility index (Phi) is 7.25. The molecule has 5 rings (SSSR count). The molecule has 2 fully saturated rings. The zero-order chi connectivity index (χ0) is 25.0. The highest BCUT2D eigenvalue weighted by molar-refractivity contribution is 5.83. The van der Waals surface area contributed by atoms with E-state index in [1.165, 1.54) is 16.5 Å². The first-order valence-electron chi connectivity index (χ1n) is 12.7. The van der Waals surface area contributed by atoms with Crippen LogP contribution < -0.4 is 10.6 Å². The van der Waals surface area contributed by atoms with Crippen molar-refractivity contribution < 1.29 is 9.47 Å². The van der Waals surface area contributed by atoms with E-state index in [0.29, 0.717) is 12.6 Å². The number of nitrogens with zero attached hydrogens (tertiary/aromatic N) is 3. The number of nitrogens with one attached hydrogen (secondary N) is 2. The molecule has 2 N–H and O–H groups in total. The predicted molar refractivity (Wildman–Crippen MR) is 141 cm³/mol. The monoisotopic (exact) mass is 483 g/mol. The van der Waals surface area contributed by atoms with Crippen LogP contribution in [0.3, 0.4) is 0 Å². The Balaban J connectivity index is 1.27. The molecular formula is C29H33N5O2. The fourth-order valence-electron chi connectivity index (χ4n) is 4.48. The largest absolute Gasteiger partial charge is 0.381 e. The minimum absolute atomic E-state index is 0.274. The summed E-state index contributed by atoms with van der Waals surface area (Å²) in [6.07, 6.45) is 4.18. The second-order valence-corrected chi connectivity index (χ2v) is 10.1. The Morgan fingerprint density at radius 3 is 2.72 bits per heavy atom. The maximum Gasteiger partial charge on any atom is 0.0988 e. The smallest absolute Gasteiger partial charge is 0.0988 e. The fraction of sp³-hybridized carbons (Fsp3) is 0.448. The van der Waals surface area contributed by atoms with Gasteiger partial charge in [0.1, 0.15) is 0 Å². The summed E-state index contributed by atoms with van der Waals surface area (Å²) < 4.78 is 13.2. The molecule has 3 aromatic rings. The number of benzene rings is 1. The summed E-state index contributed by atoms with van der Waals surface area (Å²) in [6, 6.07) is 15.5. The van der Waals surface area contributed by atoms with E-state index in [1.807, 2.05) is 26.0 Å². The average molecular weight is 484 g/mol. The van der Waals surface area contributed by atoms with Gasteiger partial charge in [-0.15, -0.1) is 0 Å². The normalized spacial score (nSPS) is 17.9. The summed E-state index contributed by atoms with van der Waals surface area (Å²) in [5.74, 6) is 6.61. The van der Waals surface area contributed by atoms with Crippen molar-refractivity contribution in [3.63, 3.8) is 0 Å². The lowest BCUT2D eigenvalue weighted by Gasteiger charge is -2.23. The minimum Gasteiger partial charge on any atom is -0.381 e. The zero-order valence-corrected chi connectivity index (χ0v) is 21.0. The van der Waals surface area contributed by atoms with Crippen molar-refractivity contribution >= 4 is 16.6 Å². The summed E-state index contributed by atoms with van der Waals surface area (Å²) in [7, 11) is 0. The molecule has 0 amide bonds. The molecule has 36 heavy (non-hydrogen) atoms. The van der Waals surface area contributed by atoms with Gasteiger partial charge < -0.3 is 24.7 Å². The standard InChI is InChI=1S/C29H33N5O2/c1-29(2,20-30)28-8-6-24(17-33-28)31-11-3-4-25-15-22-14-21(16-32-23-9-12-35-13-10-23)5-7-27(22)34(25)18-26-19-36-26/h5-8,14-15,17,23,26,31-32H,9-13,16,18-19H2,1-2H3. The van der Waals surface area contributed by atoms with E-state index in [2.05, 4.69) is 62.4 Å². The first-order chi connectivity index (χ1) is 17.5. The molecule has 1 aromatic carbocycles. The van der Waals surface area contributed by atoms with Gasteiger partial charge in [-0.2, -0.15) is 5.26 Å². The number of hydrogen-bond donors (Lipinski definition) is 2. The highest BCUT2D eigenvalue weighted by Crippen LogP contribution is 2.25. The van der Waals surface area contributed by atoms with Gasteiger partial charge in [-0.3, -0.25) is 4.98 Å². The molecule has 186 valence electrons. The SMILES string of the molecule is CC(C)(C#N)c1ccc(NCC#Cc2cc3cc(CNC4CCOCC4)ccc3n2CC2CO2)cn1. The number of anilines is 1. The lowest BCUT2D eigenvalue weighted by atomic mass is 9.91. The number of nitriles is 1. The molecule has 4 heterocycles. The van der Waals surface area contributed by atoms with Gasteiger partial charge in [-0.05, 0) is 68.5 Å². The summed E-state index contributed by atoms with van der Waals surface area (Å²) in [5.41, 5.74) is 4.52. The van der Waals surface area contributed by atoms with Crippen LogP contribution in [0.5, 0.6) is 0 Å². The molecule has 0 bridgehead atoms. The van der Waals surface area contributed by atoms with Crippen LogP contribution in [0.2, 0.25) is 0 Å². The van der Waals surface area contributed by atoms with E-state index in [4.69, 9.17) is 9.47 Å². The Morgan fingerprint density at radius 2 is 2.00 bits per heavy atom. The van der Waals surface area contributed by atoms with Gasteiger partial charge in [0, 0.05) is 36.7 Å². The molecule has 0 aliphatic carbocycles. The maximum absolute atomic E-state index is 9.29. The van der Waals surface area contributed by atoms with Crippen LogP contribution in [-0.4, -0.2) is 48.1 Å². The van der Waals surface area contributed by atoms with Crippen molar-refractivity contribution in [2.24, 2.45) is 0 Å². The number of ether oxygens (including phenoxy) is 2. The van der Waals surface area contributed by atoms with Crippen LogP contribution in [0.25, 0.3) is 10.9 Å². The molecule has 1 unspecified atom stereocenters. The van der Waals surface area contributed by atoms with Gasteiger partial charge in [0.15, 0.2) is 0 Å². The number of epoxide rings is 1. The van der Waals surface area contributed by atoms with Crippen LogP contribution in [0, 0.1) is 23.2 Å². The van der Waals surface area contributed by atoms with E-state index in [0.717, 1.165) is 62.8 Å². The average Bonchev–Trinajstić information content (AvgIpc) is 3.67. The van der Waals surface area contributed by atoms with Gasteiger partial charge in [0.25, 0.3) is 0 Å². The predicted octanol–water partition coefficient (Wildman–Crippen LogP) is 3.97. The quantitative estimate of drug-likeness (QED) is 0.372. The van der Waals surface area contributed by atoms with E-state index in [-0.39, 0.29) is 6.10 Å². The fourth-order valence-corrected chi connectivity index (χ4v) is 4.48. The van der Waals surface area contributed by atoms with Crippen molar-refractivity contribution in [1.82, 2.24) is 14.9 Å². The van der Waals surface area contributed by atoms with Crippen LogP contribution >= 0.6 is 0 Å². The number of aromatic nitrogens is 2. The highest BCUT2D eigenvalue weighted by atomic mass is 16.6. The number of pyridine rings is 1. The van der Waals surface area contributed by atoms with E-state index in [9.17, 15) is 5.26 Å². The third-order valence-corrected chi connectivity index (χ3v) is 6.85. The highest BCUT2D eigenvalue weighted by Gasteiger charge is 2.25. The topological polar surface area (TPSA) is 87.4 Å². The van der Waals surface area contributed by atoms with Crippen molar-refractivity contribution in [3.8, 4) is 17.9 Å². The molecule has 0 spiro atoms. The third-order valence-electron chi connectivity index (χ3n) is 6.85. The van der Waals surface area contributed by atoms with Crippen LogP contribution in [-0.2, 0) is 28.0 Å². The van der Waals surface area contributed by atoms with E-state index < -0.39 is 5.41 Å². The minimum atomic E-state index is -0.599. The number of rotatable bonds is 8. The van der Waals surface area contributed by atoms with E-state index in [1.54, 1.807) is 6.20 Å². The summed E-state index contributed by atoms with van der Waals surface area (Å²) >= 11 is 0. The van der Waals surface area contributed by atoms with Gasteiger partial charge in [-0.1, -0.05) is 12.0 Å². The zero-order valence-electron chi connectivity index (χ0n) is 21.0. The number of hydrogen-bond acceptors (Lipinski definition) is 6. The van der Waals surface area contributed by atoms with Crippen LogP contribution in [0.15, 0.2) is 42.6 Å². The first kappa shape index (κ1) is 24.3. The molecule has 7 nitrogen and oxygen atoms in total. The molecule has 0 radical (unpaired) electrons. The number of fused-ring (bicyclic) bond motifs is 1. The Bertz CT molecular complexity index is 1300. The second kappa shape index (κ2) is 10.7. The summed E-state index contributed by atoms with van der Waals surface area (Å²) in [4.78, 5) is 4.43. The molecule has 2 aromatic heterocycles. The molecule has 2 aliphatic rings. The first-order valence-corrected chi connectivity index (χ1v) is 12.7. The van der Waals surface area contributed by atoms with Crippen molar-refractivity contribution in [2.75, 3.05) is 31.7 Å². The van der Waals surface area contributed by atoms with Crippen molar-refractivity contribution in [3.05, 3.63) is 59.5 Å². The molecule has 2 saturated heterocycles. The molecule has 0 saturated carbocycles. The summed E-state index contributed by atoms with van der Waals surface area (Å²) in [6.45, 7) is 8.43. The Morgan fingerprint density at radius 1 is 1.17 bits per heavy atom. The summed E-state index contributed by atoms with van der Waals surface area (Å²) in [5, 5.41) is 17.5. The third kappa shape index (κ3) is 5.88. The molecule has 1 atom stereocenters. The lowest BCUT2D eigenvalue weighted by molar-refractivity contribution is 0.0776. The van der Waals surface area contributed by atoms with Crippen LogP contribution in [0.1, 0.15) is 43.6 Å².